The fraction of sp³-hybridized carbons (Fsp3) is 0. The fourth-order valence-corrected chi connectivity index (χ4v) is 11.0. The van der Waals surface area contributed by atoms with Crippen molar-refractivity contribution in [1.29, 1.82) is 0 Å². The first-order chi connectivity index (χ1) is 36.2. The van der Waals surface area contributed by atoms with Gasteiger partial charge in [-0.2, -0.15) is 0 Å². The molecule has 14 aromatic rings. The molecule has 2 aromatic heterocycles. The minimum absolute atomic E-state index is 0.842. The van der Waals surface area contributed by atoms with Crippen molar-refractivity contribution in [2.24, 2.45) is 0 Å². The van der Waals surface area contributed by atoms with Crippen LogP contribution in [-0.2, 0) is 0 Å². The zero-order chi connectivity index (χ0) is 48.2. The second-order valence-electron chi connectivity index (χ2n) is 18.8. The minimum atomic E-state index is 0.842. The van der Waals surface area contributed by atoms with E-state index in [4.69, 9.17) is 4.42 Å². The molecular weight excluding hydrogens is 885 g/mol. The van der Waals surface area contributed by atoms with Gasteiger partial charge in [-0.1, -0.05) is 218 Å². The fourth-order valence-electron chi connectivity index (χ4n) is 11.0. The molecule has 0 N–H and O–H groups in total. The van der Waals surface area contributed by atoms with E-state index in [1.54, 1.807) is 0 Å². The molecule has 0 amide bonds. The van der Waals surface area contributed by atoms with E-state index in [1.165, 1.54) is 60.4 Å². The lowest BCUT2D eigenvalue weighted by atomic mass is 9.96. The van der Waals surface area contributed by atoms with Crippen molar-refractivity contribution in [3.05, 3.63) is 279 Å². The van der Waals surface area contributed by atoms with Gasteiger partial charge < -0.3 is 13.9 Å². The van der Waals surface area contributed by atoms with Gasteiger partial charge in [0.25, 0.3) is 0 Å². The number of rotatable bonds is 9. The van der Waals surface area contributed by atoms with Crippen LogP contribution >= 0.6 is 0 Å². The third-order valence-electron chi connectivity index (χ3n) is 14.6. The maximum atomic E-state index is 7.20. The number of benzene rings is 12. The molecule has 0 unspecified atom stereocenters. The van der Waals surface area contributed by atoms with E-state index in [9.17, 15) is 0 Å². The van der Waals surface area contributed by atoms with Crippen LogP contribution in [0.15, 0.2) is 283 Å². The first-order valence-electron chi connectivity index (χ1n) is 25.0. The average Bonchev–Trinajstić information content (AvgIpc) is 4.04. The maximum absolute atomic E-state index is 7.20. The molecule has 14 rings (SSSR count). The van der Waals surface area contributed by atoms with E-state index in [0.29, 0.717) is 0 Å². The summed E-state index contributed by atoms with van der Waals surface area (Å²) in [6, 6.07) is 101. The Hall–Kier alpha value is -9.70. The van der Waals surface area contributed by atoms with Gasteiger partial charge in [0.2, 0.25) is 0 Å². The van der Waals surface area contributed by atoms with Gasteiger partial charge in [-0.15, -0.1) is 0 Å². The molecule has 342 valence electrons. The molecule has 0 fully saturated rings. The number of hydrogen-bond acceptors (Lipinski definition) is 2. The van der Waals surface area contributed by atoms with Gasteiger partial charge in [0.1, 0.15) is 5.58 Å². The van der Waals surface area contributed by atoms with Crippen LogP contribution in [0.3, 0.4) is 0 Å². The predicted octanol–water partition coefficient (Wildman–Crippen LogP) is 19.6. The van der Waals surface area contributed by atoms with Crippen LogP contribution < -0.4 is 4.90 Å². The zero-order valence-corrected chi connectivity index (χ0v) is 39.9. The molecule has 0 saturated heterocycles. The van der Waals surface area contributed by atoms with Crippen molar-refractivity contribution < 1.29 is 4.42 Å². The molecule has 0 radical (unpaired) electrons. The highest BCUT2D eigenvalue weighted by Gasteiger charge is 2.23. The molecule has 12 aromatic carbocycles. The Balaban J connectivity index is 0.829. The van der Waals surface area contributed by atoms with Crippen molar-refractivity contribution >= 4 is 71.6 Å². The van der Waals surface area contributed by atoms with Gasteiger partial charge in [-0.05, 0) is 122 Å². The summed E-state index contributed by atoms with van der Waals surface area (Å²) in [7, 11) is 0. The SMILES string of the molecule is c1ccc(-c2ccc(-c3ccc(N(c4ccc(-c5ccc(-c6ccc(-n7c8ccccc8c8ccccc87)cc6)cc5)cc4)c4cccc5c4oc4c(-c6ccccc6)cc6ccccc6c45)cc3)cc2)cc1. The molecule has 3 nitrogen and oxygen atoms in total. The molecule has 0 aliphatic rings. The van der Waals surface area contributed by atoms with Crippen molar-refractivity contribution in [3.63, 3.8) is 0 Å². The standard InChI is InChI=1S/C70H46N2O/c1-3-14-47(15-4-1)48-26-28-49(29-27-48)52-34-40-57(41-35-52)71(67-25-13-22-63-68-60-19-8-7-18-56(60)46-64(70(68)73-69(63)67)55-16-5-2-6-17-55)58-42-36-53(37-43-58)50-30-32-51(33-31-50)54-38-44-59(45-39-54)72-65-23-11-9-20-61(65)62-21-10-12-24-66(62)72/h1-46H. The Labute approximate surface area is 423 Å². The molecule has 0 aliphatic carbocycles. The van der Waals surface area contributed by atoms with Crippen LogP contribution in [-0.4, -0.2) is 4.57 Å². The molecule has 0 spiro atoms. The molecular formula is C70H46N2O. The smallest absolute Gasteiger partial charge is 0.159 e. The van der Waals surface area contributed by atoms with Gasteiger partial charge in [0.15, 0.2) is 5.58 Å². The lowest BCUT2D eigenvalue weighted by molar-refractivity contribution is 0.670. The summed E-state index contributed by atoms with van der Waals surface area (Å²) in [4.78, 5) is 2.34. The minimum Gasteiger partial charge on any atom is -0.453 e. The van der Waals surface area contributed by atoms with E-state index in [-0.39, 0.29) is 0 Å². The summed E-state index contributed by atoms with van der Waals surface area (Å²) in [6.45, 7) is 0. The third kappa shape index (κ3) is 7.37. The summed E-state index contributed by atoms with van der Waals surface area (Å²) in [5.74, 6) is 0. The Morgan fingerprint density at radius 3 is 1.21 bits per heavy atom. The number of para-hydroxylation sites is 3. The van der Waals surface area contributed by atoms with E-state index >= 15 is 0 Å². The Morgan fingerprint density at radius 1 is 0.288 bits per heavy atom. The van der Waals surface area contributed by atoms with Crippen LogP contribution in [0.25, 0.3) is 116 Å². The summed E-state index contributed by atoms with van der Waals surface area (Å²) in [5, 5.41) is 7.10. The lowest BCUT2D eigenvalue weighted by Crippen LogP contribution is -2.10. The maximum Gasteiger partial charge on any atom is 0.159 e. The zero-order valence-electron chi connectivity index (χ0n) is 39.9. The van der Waals surface area contributed by atoms with Crippen molar-refractivity contribution in [3.8, 4) is 61.3 Å². The first-order valence-corrected chi connectivity index (χ1v) is 25.0. The normalized spacial score (nSPS) is 11.6. The summed E-state index contributed by atoms with van der Waals surface area (Å²) < 4.78 is 9.56. The second-order valence-corrected chi connectivity index (χ2v) is 18.8. The van der Waals surface area contributed by atoms with Gasteiger partial charge in [-0.25, -0.2) is 0 Å². The number of fused-ring (bicyclic) bond motifs is 8. The highest BCUT2D eigenvalue weighted by Crippen LogP contribution is 2.47. The Bertz CT molecular complexity index is 4250. The lowest BCUT2D eigenvalue weighted by Gasteiger charge is -2.26. The Morgan fingerprint density at radius 2 is 0.685 bits per heavy atom. The monoisotopic (exact) mass is 930 g/mol. The largest absolute Gasteiger partial charge is 0.453 e. The van der Waals surface area contributed by atoms with Gasteiger partial charge in [0, 0.05) is 44.2 Å². The van der Waals surface area contributed by atoms with Crippen LogP contribution in [0.1, 0.15) is 0 Å². The molecule has 0 aliphatic heterocycles. The number of furan rings is 1. The van der Waals surface area contributed by atoms with E-state index in [2.05, 4.69) is 289 Å². The topological polar surface area (TPSA) is 21.3 Å². The molecule has 3 heteroatoms. The van der Waals surface area contributed by atoms with Gasteiger partial charge in [-0.3, -0.25) is 0 Å². The van der Waals surface area contributed by atoms with Crippen molar-refractivity contribution in [2.45, 2.75) is 0 Å². The van der Waals surface area contributed by atoms with Crippen LogP contribution in [0, 0.1) is 0 Å². The van der Waals surface area contributed by atoms with E-state index in [1.807, 2.05) is 0 Å². The molecule has 2 heterocycles. The predicted molar refractivity (Wildman–Crippen MR) is 307 cm³/mol. The van der Waals surface area contributed by atoms with E-state index in [0.717, 1.165) is 72.5 Å². The highest BCUT2D eigenvalue weighted by molar-refractivity contribution is 6.24. The summed E-state index contributed by atoms with van der Waals surface area (Å²) >= 11 is 0. The average molecular weight is 931 g/mol. The highest BCUT2D eigenvalue weighted by atomic mass is 16.3. The molecule has 0 atom stereocenters. The first kappa shape index (κ1) is 42.2. The summed E-state index contributed by atoms with van der Waals surface area (Å²) in [5.41, 5.74) is 20.0. The molecule has 73 heavy (non-hydrogen) atoms. The number of anilines is 3. The van der Waals surface area contributed by atoms with Gasteiger partial charge in [0.05, 0.1) is 16.7 Å². The number of hydrogen-bond donors (Lipinski definition) is 0. The van der Waals surface area contributed by atoms with E-state index < -0.39 is 0 Å². The van der Waals surface area contributed by atoms with Crippen LogP contribution in [0.4, 0.5) is 17.1 Å². The Kier molecular flexibility index (Phi) is 10.2. The second kappa shape index (κ2) is 17.6. The number of aromatic nitrogens is 1. The van der Waals surface area contributed by atoms with Gasteiger partial charge >= 0.3 is 0 Å². The van der Waals surface area contributed by atoms with Crippen molar-refractivity contribution in [1.82, 2.24) is 4.57 Å². The van der Waals surface area contributed by atoms with Crippen molar-refractivity contribution in [2.75, 3.05) is 4.90 Å². The van der Waals surface area contributed by atoms with Crippen LogP contribution in [0.2, 0.25) is 0 Å². The molecule has 0 bridgehead atoms. The van der Waals surface area contributed by atoms with Crippen LogP contribution in [0.5, 0.6) is 0 Å². The molecule has 0 saturated carbocycles. The quantitative estimate of drug-likeness (QED) is 0.144. The number of nitrogens with zero attached hydrogens (tertiary/aromatic N) is 2. The third-order valence-corrected chi connectivity index (χ3v) is 14.6. The summed E-state index contributed by atoms with van der Waals surface area (Å²) in [6.07, 6.45) is 0.